The molecular weight excluding hydrogens is 276 g/mol. The molecule has 0 aliphatic rings. The van der Waals surface area contributed by atoms with Crippen molar-refractivity contribution in [2.45, 2.75) is 71.8 Å². The van der Waals surface area contributed by atoms with Gasteiger partial charge in [0, 0.05) is 6.61 Å². The van der Waals surface area contributed by atoms with Crippen molar-refractivity contribution in [2.75, 3.05) is 19.0 Å². The fraction of sp³-hybridized carbons (Fsp3) is 1.00. The third kappa shape index (κ3) is 10.8. The summed E-state index contributed by atoms with van der Waals surface area (Å²) in [5.41, 5.74) is 0.195. The zero-order valence-corrected chi connectivity index (χ0v) is 14.1. The van der Waals surface area contributed by atoms with Crippen molar-refractivity contribution in [2.24, 2.45) is 5.41 Å². The van der Waals surface area contributed by atoms with Crippen molar-refractivity contribution in [1.29, 1.82) is 0 Å². The molecule has 0 aromatic carbocycles. The number of aliphatic hydroxyl groups is 1. The zero-order valence-electron chi connectivity index (χ0n) is 13.3. The minimum atomic E-state index is -1.74. The SMILES string of the molecule is CCCCC(C)(CCC)CC(O)COCCCS(=O)O. The van der Waals surface area contributed by atoms with E-state index >= 15 is 0 Å². The van der Waals surface area contributed by atoms with Crippen LogP contribution in [0.15, 0.2) is 0 Å². The first-order valence-electron chi connectivity index (χ1n) is 7.76. The molecule has 0 saturated heterocycles. The maximum Gasteiger partial charge on any atom is 0.152 e. The fourth-order valence-electron chi connectivity index (χ4n) is 2.67. The van der Waals surface area contributed by atoms with Gasteiger partial charge in [0.05, 0.1) is 18.5 Å². The maximum atomic E-state index is 10.5. The summed E-state index contributed by atoms with van der Waals surface area (Å²) < 4.78 is 24.5. The Balaban J connectivity index is 3.93. The molecular formula is C15H32O4S. The van der Waals surface area contributed by atoms with Crippen LogP contribution >= 0.6 is 0 Å². The standard InChI is InChI=1S/C15H32O4S/c1-4-6-9-15(3,8-5-2)12-14(16)13-19-10-7-11-20(17)18/h14,16H,4-13H2,1-3H3,(H,17,18). The summed E-state index contributed by atoms with van der Waals surface area (Å²) in [4.78, 5) is 0. The van der Waals surface area contributed by atoms with E-state index in [0.29, 0.717) is 19.6 Å². The molecule has 122 valence electrons. The Labute approximate surface area is 126 Å². The first kappa shape index (κ1) is 20.0. The molecule has 20 heavy (non-hydrogen) atoms. The van der Waals surface area contributed by atoms with E-state index in [4.69, 9.17) is 9.29 Å². The fourth-order valence-corrected chi connectivity index (χ4v) is 3.03. The van der Waals surface area contributed by atoms with Gasteiger partial charge in [-0.3, -0.25) is 0 Å². The highest BCUT2D eigenvalue weighted by Crippen LogP contribution is 2.34. The summed E-state index contributed by atoms with van der Waals surface area (Å²) in [6.07, 6.45) is 6.69. The lowest BCUT2D eigenvalue weighted by Crippen LogP contribution is -2.27. The minimum absolute atomic E-state index is 0.195. The quantitative estimate of drug-likeness (QED) is 0.404. The van der Waals surface area contributed by atoms with Crippen LogP contribution in [-0.2, 0) is 15.8 Å². The molecule has 0 aromatic heterocycles. The van der Waals surface area contributed by atoms with Crippen LogP contribution < -0.4 is 0 Å². The molecule has 0 spiro atoms. The predicted molar refractivity (Wildman–Crippen MR) is 84.2 cm³/mol. The van der Waals surface area contributed by atoms with Crippen LogP contribution in [-0.4, -0.2) is 38.9 Å². The smallest absolute Gasteiger partial charge is 0.152 e. The van der Waals surface area contributed by atoms with E-state index in [1.807, 2.05) is 0 Å². The van der Waals surface area contributed by atoms with E-state index in [2.05, 4.69) is 20.8 Å². The summed E-state index contributed by atoms with van der Waals surface area (Å²) in [6, 6.07) is 0. The topological polar surface area (TPSA) is 66.8 Å². The largest absolute Gasteiger partial charge is 0.391 e. The van der Waals surface area contributed by atoms with Gasteiger partial charge < -0.3 is 14.4 Å². The Hall–Kier alpha value is 0.0300. The van der Waals surface area contributed by atoms with Crippen LogP contribution in [0, 0.1) is 5.41 Å². The van der Waals surface area contributed by atoms with Gasteiger partial charge >= 0.3 is 0 Å². The molecule has 0 rings (SSSR count). The van der Waals surface area contributed by atoms with Crippen molar-refractivity contribution >= 4 is 11.1 Å². The highest BCUT2D eigenvalue weighted by Gasteiger charge is 2.26. The van der Waals surface area contributed by atoms with E-state index < -0.39 is 17.2 Å². The van der Waals surface area contributed by atoms with Crippen molar-refractivity contribution < 1.29 is 18.6 Å². The number of hydrogen-bond donors (Lipinski definition) is 2. The molecule has 0 heterocycles. The Morgan fingerprint density at radius 2 is 1.90 bits per heavy atom. The lowest BCUT2D eigenvalue weighted by Gasteiger charge is -2.31. The van der Waals surface area contributed by atoms with Crippen molar-refractivity contribution in [3.8, 4) is 0 Å². The van der Waals surface area contributed by atoms with Gasteiger partial charge in [-0.05, 0) is 31.1 Å². The molecule has 0 amide bonds. The zero-order chi connectivity index (χ0) is 15.4. The molecule has 0 aliphatic heterocycles. The summed E-state index contributed by atoms with van der Waals surface area (Å²) >= 11 is -1.74. The number of aliphatic hydroxyl groups excluding tert-OH is 1. The Morgan fingerprint density at radius 3 is 2.45 bits per heavy atom. The van der Waals surface area contributed by atoms with E-state index in [1.165, 1.54) is 12.8 Å². The average Bonchev–Trinajstić information content (AvgIpc) is 2.36. The van der Waals surface area contributed by atoms with E-state index in [0.717, 1.165) is 25.7 Å². The number of unbranched alkanes of at least 4 members (excludes halogenated alkanes) is 1. The Bertz CT molecular complexity index is 260. The summed E-state index contributed by atoms with van der Waals surface area (Å²) in [5, 5.41) is 10.1. The molecule has 2 N–H and O–H groups in total. The summed E-state index contributed by atoms with van der Waals surface area (Å²) in [6.45, 7) is 7.38. The molecule has 3 unspecified atom stereocenters. The second kappa shape index (κ2) is 11.7. The number of hydrogen-bond acceptors (Lipinski definition) is 3. The Morgan fingerprint density at radius 1 is 1.20 bits per heavy atom. The average molecular weight is 308 g/mol. The molecule has 0 fully saturated rings. The minimum Gasteiger partial charge on any atom is -0.391 e. The second-order valence-corrected chi connectivity index (χ2v) is 7.03. The molecule has 0 bridgehead atoms. The van der Waals surface area contributed by atoms with Crippen molar-refractivity contribution in [1.82, 2.24) is 0 Å². The number of rotatable bonds is 13. The van der Waals surface area contributed by atoms with E-state index in [9.17, 15) is 9.32 Å². The van der Waals surface area contributed by atoms with Gasteiger partial charge in [0.15, 0.2) is 11.1 Å². The van der Waals surface area contributed by atoms with Gasteiger partial charge in [-0.1, -0.05) is 40.0 Å². The molecule has 0 aromatic rings. The van der Waals surface area contributed by atoms with Gasteiger partial charge in [0.1, 0.15) is 0 Å². The summed E-state index contributed by atoms with van der Waals surface area (Å²) in [7, 11) is 0. The third-order valence-electron chi connectivity index (χ3n) is 3.63. The van der Waals surface area contributed by atoms with Crippen molar-refractivity contribution in [3.05, 3.63) is 0 Å². The van der Waals surface area contributed by atoms with E-state index in [1.54, 1.807) is 0 Å². The van der Waals surface area contributed by atoms with Crippen LogP contribution in [0.2, 0.25) is 0 Å². The molecule has 3 atom stereocenters. The highest BCUT2D eigenvalue weighted by atomic mass is 32.2. The number of ether oxygens (including phenoxy) is 1. The van der Waals surface area contributed by atoms with Gasteiger partial charge in [-0.15, -0.1) is 0 Å². The normalized spacial score (nSPS) is 17.6. The van der Waals surface area contributed by atoms with Gasteiger partial charge in [-0.25, -0.2) is 4.21 Å². The van der Waals surface area contributed by atoms with Crippen LogP contribution in [0.4, 0.5) is 0 Å². The van der Waals surface area contributed by atoms with Crippen molar-refractivity contribution in [3.63, 3.8) is 0 Å². The van der Waals surface area contributed by atoms with Gasteiger partial charge in [-0.2, -0.15) is 0 Å². The first-order valence-corrected chi connectivity index (χ1v) is 9.04. The highest BCUT2D eigenvalue weighted by molar-refractivity contribution is 7.79. The van der Waals surface area contributed by atoms with Gasteiger partial charge in [0.25, 0.3) is 0 Å². The van der Waals surface area contributed by atoms with Crippen LogP contribution in [0.3, 0.4) is 0 Å². The monoisotopic (exact) mass is 308 g/mol. The summed E-state index contributed by atoms with van der Waals surface area (Å²) in [5.74, 6) is 0.236. The Kier molecular flexibility index (Phi) is 11.7. The first-order chi connectivity index (χ1) is 9.43. The predicted octanol–water partition coefficient (Wildman–Crippen LogP) is 3.36. The second-order valence-electron chi connectivity index (χ2n) is 5.98. The molecule has 0 radical (unpaired) electrons. The molecule has 4 nitrogen and oxygen atoms in total. The molecule has 0 saturated carbocycles. The van der Waals surface area contributed by atoms with Gasteiger partial charge in [0.2, 0.25) is 0 Å². The third-order valence-corrected chi connectivity index (χ3v) is 4.27. The maximum absolute atomic E-state index is 10.5. The lowest BCUT2D eigenvalue weighted by molar-refractivity contribution is 0.00717. The van der Waals surface area contributed by atoms with Crippen LogP contribution in [0.25, 0.3) is 0 Å². The van der Waals surface area contributed by atoms with Crippen LogP contribution in [0.5, 0.6) is 0 Å². The molecule has 5 heteroatoms. The lowest BCUT2D eigenvalue weighted by atomic mass is 9.76. The molecule has 0 aliphatic carbocycles. The van der Waals surface area contributed by atoms with E-state index in [-0.39, 0.29) is 11.2 Å². The van der Waals surface area contributed by atoms with Crippen LogP contribution in [0.1, 0.15) is 65.7 Å².